The summed E-state index contributed by atoms with van der Waals surface area (Å²) in [7, 11) is 0. The number of anilines is 2. The fourth-order valence-electron chi connectivity index (χ4n) is 3.42. The van der Waals surface area contributed by atoms with Crippen molar-refractivity contribution in [1.29, 1.82) is 5.26 Å². The van der Waals surface area contributed by atoms with Crippen LogP contribution in [0.2, 0.25) is 0 Å². The molecule has 30 heavy (non-hydrogen) atoms. The molecule has 1 fully saturated rings. The number of carbonyl (C=O) groups excluding carboxylic acids is 3. The van der Waals surface area contributed by atoms with E-state index in [-0.39, 0.29) is 18.9 Å². The number of rotatable bonds is 6. The van der Waals surface area contributed by atoms with Gasteiger partial charge in [-0.1, -0.05) is 37.3 Å². The Labute approximate surface area is 175 Å². The van der Waals surface area contributed by atoms with E-state index in [1.54, 1.807) is 29.2 Å². The molecular weight excluding hydrogens is 382 g/mol. The summed E-state index contributed by atoms with van der Waals surface area (Å²) < 4.78 is 5.32. The number of esters is 1. The number of nitrogens with zero attached hydrogens (tertiary/aromatic N) is 2. The summed E-state index contributed by atoms with van der Waals surface area (Å²) in [5.74, 6) is -1.90. The molecule has 154 valence electrons. The molecule has 0 aliphatic carbocycles. The first-order valence-corrected chi connectivity index (χ1v) is 9.83. The van der Waals surface area contributed by atoms with E-state index in [9.17, 15) is 14.4 Å². The minimum atomic E-state index is -1.06. The van der Waals surface area contributed by atoms with Crippen LogP contribution >= 0.6 is 0 Å². The normalized spacial score (nSPS) is 16.6. The molecule has 7 nitrogen and oxygen atoms in total. The second-order valence-corrected chi connectivity index (χ2v) is 7.11. The Hall–Kier alpha value is -3.66. The molecule has 2 atom stereocenters. The molecule has 2 amide bonds. The van der Waals surface area contributed by atoms with Gasteiger partial charge in [0, 0.05) is 18.7 Å². The number of hydrogen-bond acceptors (Lipinski definition) is 5. The van der Waals surface area contributed by atoms with Crippen LogP contribution in [0.3, 0.4) is 0 Å². The maximum atomic E-state index is 12.6. The third-order valence-electron chi connectivity index (χ3n) is 5.09. The lowest BCUT2D eigenvalue weighted by molar-refractivity contribution is -0.157. The molecule has 0 aromatic heterocycles. The van der Waals surface area contributed by atoms with Gasteiger partial charge in [-0.05, 0) is 37.1 Å². The van der Waals surface area contributed by atoms with Gasteiger partial charge in [-0.15, -0.1) is 0 Å². The summed E-state index contributed by atoms with van der Waals surface area (Å²) in [6.07, 6.45) is -0.241. The maximum absolute atomic E-state index is 12.6. The largest absolute Gasteiger partial charge is 0.452 e. The topological polar surface area (TPSA) is 99.5 Å². The van der Waals surface area contributed by atoms with E-state index in [1.165, 1.54) is 6.92 Å². The Kier molecular flexibility index (Phi) is 6.48. The van der Waals surface area contributed by atoms with Crippen molar-refractivity contribution in [1.82, 2.24) is 0 Å². The molecule has 2 aromatic rings. The van der Waals surface area contributed by atoms with Crippen LogP contribution in [0.5, 0.6) is 0 Å². The molecule has 1 aliphatic heterocycles. The first kappa shape index (κ1) is 21.1. The summed E-state index contributed by atoms with van der Waals surface area (Å²) in [5, 5.41) is 11.7. The molecular formula is C23H23N3O4. The Morgan fingerprint density at radius 2 is 1.93 bits per heavy atom. The first-order valence-electron chi connectivity index (χ1n) is 9.83. The van der Waals surface area contributed by atoms with E-state index in [4.69, 9.17) is 10.00 Å². The van der Waals surface area contributed by atoms with Crippen molar-refractivity contribution in [3.05, 3.63) is 59.7 Å². The molecule has 0 spiro atoms. The predicted molar refractivity (Wildman–Crippen MR) is 112 cm³/mol. The average molecular weight is 405 g/mol. The fourth-order valence-corrected chi connectivity index (χ4v) is 3.42. The Bertz CT molecular complexity index is 1010. The quantitative estimate of drug-likeness (QED) is 0.745. The van der Waals surface area contributed by atoms with Crippen LogP contribution in [0.4, 0.5) is 11.4 Å². The van der Waals surface area contributed by atoms with Gasteiger partial charge in [0.25, 0.3) is 5.91 Å². The molecule has 1 N–H and O–H groups in total. The van der Waals surface area contributed by atoms with Gasteiger partial charge in [-0.25, -0.2) is 0 Å². The zero-order chi connectivity index (χ0) is 21.7. The highest BCUT2D eigenvalue weighted by Gasteiger charge is 2.37. The van der Waals surface area contributed by atoms with E-state index >= 15 is 0 Å². The number of para-hydroxylation sites is 2. The maximum Gasteiger partial charge on any atom is 0.312 e. The smallest absolute Gasteiger partial charge is 0.312 e. The Morgan fingerprint density at radius 3 is 2.67 bits per heavy atom. The van der Waals surface area contributed by atoms with Crippen molar-refractivity contribution in [3.8, 4) is 6.07 Å². The van der Waals surface area contributed by atoms with Crippen molar-refractivity contribution in [2.24, 2.45) is 5.92 Å². The lowest BCUT2D eigenvalue weighted by atomic mass is 10.1. The standard InChI is InChI=1S/C23H23N3O4/c1-3-16-8-5-7-11-20(16)26-14-18(12-21(26)27)23(29)30-15(2)22(28)25-19-10-6-4-9-17(19)13-24/h4-11,15,18H,3,12,14H2,1-2H3,(H,25,28)/t15-,18-/m0/s1. The molecule has 0 unspecified atom stereocenters. The second kappa shape index (κ2) is 9.23. The predicted octanol–water partition coefficient (Wildman–Crippen LogP) is 3.04. The lowest BCUT2D eigenvalue weighted by Crippen LogP contribution is -2.33. The zero-order valence-electron chi connectivity index (χ0n) is 16.9. The first-order chi connectivity index (χ1) is 14.4. The van der Waals surface area contributed by atoms with E-state index in [2.05, 4.69) is 5.32 Å². The molecule has 2 aromatic carbocycles. The molecule has 1 saturated heterocycles. The highest BCUT2D eigenvalue weighted by Crippen LogP contribution is 2.29. The van der Waals surface area contributed by atoms with Crippen LogP contribution in [0.25, 0.3) is 0 Å². The van der Waals surface area contributed by atoms with Gasteiger partial charge < -0.3 is 15.0 Å². The van der Waals surface area contributed by atoms with E-state index < -0.39 is 23.9 Å². The summed E-state index contributed by atoms with van der Waals surface area (Å²) in [6, 6.07) is 16.2. The molecule has 1 heterocycles. The zero-order valence-corrected chi connectivity index (χ0v) is 16.9. The van der Waals surface area contributed by atoms with Gasteiger partial charge in [-0.2, -0.15) is 5.26 Å². The van der Waals surface area contributed by atoms with E-state index in [0.29, 0.717) is 11.3 Å². The number of aryl methyl sites for hydroxylation is 1. The Morgan fingerprint density at radius 1 is 1.23 bits per heavy atom. The van der Waals surface area contributed by atoms with Gasteiger partial charge in [0.2, 0.25) is 5.91 Å². The van der Waals surface area contributed by atoms with E-state index in [1.807, 2.05) is 37.3 Å². The average Bonchev–Trinajstić information content (AvgIpc) is 3.15. The van der Waals surface area contributed by atoms with Gasteiger partial charge in [-0.3, -0.25) is 14.4 Å². The minimum absolute atomic E-state index is 0.0441. The number of benzene rings is 2. The van der Waals surface area contributed by atoms with Crippen molar-refractivity contribution in [3.63, 3.8) is 0 Å². The SMILES string of the molecule is CCc1ccccc1N1C[C@@H](C(=O)O[C@@H](C)C(=O)Nc2ccccc2C#N)CC1=O. The van der Waals surface area contributed by atoms with Crippen molar-refractivity contribution >= 4 is 29.2 Å². The number of nitriles is 1. The second-order valence-electron chi connectivity index (χ2n) is 7.11. The number of nitrogens with one attached hydrogen (secondary N) is 1. The van der Waals surface area contributed by atoms with Crippen molar-refractivity contribution in [2.75, 3.05) is 16.8 Å². The summed E-state index contributed by atoms with van der Waals surface area (Å²) in [6.45, 7) is 3.69. The monoisotopic (exact) mass is 405 g/mol. The van der Waals surface area contributed by atoms with Crippen LogP contribution in [-0.4, -0.2) is 30.4 Å². The van der Waals surface area contributed by atoms with Crippen LogP contribution in [0.15, 0.2) is 48.5 Å². The number of ether oxygens (including phenoxy) is 1. The van der Waals surface area contributed by atoms with Crippen molar-refractivity contribution in [2.45, 2.75) is 32.8 Å². The summed E-state index contributed by atoms with van der Waals surface area (Å²) >= 11 is 0. The number of amides is 2. The number of carbonyl (C=O) groups is 3. The van der Waals surface area contributed by atoms with Crippen LogP contribution in [0, 0.1) is 17.2 Å². The van der Waals surface area contributed by atoms with Gasteiger partial charge in [0.15, 0.2) is 6.10 Å². The van der Waals surface area contributed by atoms with Gasteiger partial charge in [0.1, 0.15) is 6.07 Å². The third kappa shape index (κ3) is 4.49. The molecule has 0 saturated carbocycles. The molecule has 0 bridgehead atoms. The van der Waals surface area contributed by atoms with Crippen LogP contribution in [-0.2, 0) is 25.5 Å². The van der Waals surface area contributed by atoms with Gasteiger partial charge in [0.05, 0.1) is 17.2 Å². The molecule has 3 rings (SSSR count). The summed E-state index contributed by atoms with van der Waals surface area (Å²) in [4.78, 5) is 39.1. The minimum Gasteiger partial charge on any atom is -0.452 e. The molecule has 7 heteroatoms. The van der Waals surface area contributed by atoms with Crippen molar-refractivity contribution < 1.29 is 19.1 Å². The van der Waals surface area contributed by atoms with Gasteiger partial charge >= 0.3 is 5.97 Å². The van der Waals surface area contributed by atoms with Crippen LogP contribution in [0.1, 0.15) is 31.4 Å². The number of hydrogen-bond donors (Lipinski definition) is 1. The molecule has 1 aliphatic rings. The Balaban J connectivity index is 1.62. The third-order valence-corrected chi connectivity index (χ3v) is 5.09. The van der Waals surface area contributed by atoms with Crippen LogP contribution < -0.4 is 10.2 Å². The highest BCUT2D eigenvalue weighted by atomic mass is 16.5. The summed E-state index contributed by atoms with van der Waals surface area (Å²) in [5.41, 5.74) is 2.50. The molecule has 0 radical (unpaired) electrons. The lowest BCUT2D eigenvalue weighted by Gasteiger charge is -2.20. The highest BCUT2D eigenvalue weighted by molar-refractivity contribution is 6.01. The van der Waals surface area contributed by atoms with E-state index in [0.717, 1.165) is 17.7 Å². The fraction of sp³-hybridized carbons (Fsp3) is 0.304.